The number of benzene rings is 2. The molecule has 136 valence electrons. The molecule has 2 aromatic rings. The van der Waals surface area contributed by atoms with E-state index in [0.29, 0.717) is 6.61 Å². The van der Waals surface area contributed by atoms with E-state index in [4.69, 9.17) is 9.29 Å². The lowest BCUT2D eigenvalue weighted by Crippen LogP contribution is -2.06. The van der Waals surface area contributed by atoms with Crippen LogP contribution in [0.3, 0.4) is 0 Å². The summed E-state index contributed by atoms with van der Waals surface area (Å²) in [6.07, 6.45) is 1.77. The van der Waals surface area contributed by atoms with E-state index >= 15 is 0 Å². The van der Waals surface area contributed by atoms with Crippen molar-refractivity contribution in [2.24, 2.45) is 4.99 Å². The van der Waals surface area contributed by atoms with Crippen molar-refractivity contribution in [2.45, 2.75) is 18.7 Å². The SMILES string of the molecule is CCOc1ccc(N=CN(C)C)cc1.Cc1ccc(S(=O)(=O)O)cc1. The van der Waals surface area contributed by atoms with Gasteiger partial charge in [-0.15, -0.1) is 0 Å². The van der Waals surface area contributed by atoms with Crippen LogP contribution in [0.4, 0.5) is 5.69 Å². The van der Waals surface area contributed by atoms with E-state index in [1.54, 1.807) is 18.5 Å². The zero-order chi connectivity index (χ0) is 18.9. The summed E-state index contributed by atoms with van der Waals surface area (Å²) in [7, 11) is -0.135. The highest BCUT2D eigenvalue weighted by Crippen LogP contribution is 2.17. The van der Waals surface area contributed by atoms with Crippen molar-refractivity contribution in [1.82, 2.24) is 4.90 Å². The van der Waals surface area contributed by atoms with Gasteiger partial charge in [0.05, 0.1) is 23.5 Å². The minimum absolute atomic E-state index is 0.0666. The van der Waals surface area contributed by atoms with Gasteiger partial charge < -0.3 is 9.64 Å². The van der Waals surface area contributed by atoms with E-state index in [1.165, 1.54) is 12.1 Å². The third-order valence-corrected chi connectivity index (χ3v) is 3.77. The lowest BCUT2D eigenvalue weighted by Gasteiger charge is -2.04. The Balaban J connectivity index is 0.000000257. The molecule has 0 spiro atoms. The summed E-state index contributed by atoms with van der Waals surface area (Å²) in [6.45, 7) is 4.51. The van der Waals surface area contributed by atoms with Crippen molar-refractivity contribution in [2.75, 3.05) is 20.7 Å². The molecule has 0 radical (unpaired) electrons. The van der Waals surface area contributed by atoms with Crippen molar-refractivity contribution < 1.29 is 17.7 Å². The molecule has 0 amide bonds. The van der Waals surface area contributed by atoms with Gasteiger partial charge in [-0.2, -0.15) is 8.42 Å². The van der Waals surface area contributed by atoms with E-state index in [2.05, 4.69) is 4.99 Å². The van der Waals surface area contributed by atoms with E-state index < -0.39 is 10.1 Å². The molecule has 0 aliphatic carbocycles. The topological polar surface area (TPSA) is 79.2 Å². The third kappa shape index (κ3) is 8.32. The fourth-order valence-electron chi connectivity index (χ4n) is 1.69. The number of nitrogens with zero attached hydrogens (tertiary/aromatic N) is 2. The van der Waals surface area contributed by atoms with Crippen LogP contribution >= 0.6 is 0 Å². The Labute approximate surface area is 149 Å². The van der Waals surface area contributed by atoms with Crippen LogP contribution in [0.1, 0.15) is 12.5 Å². The Morgan fingerprint density at radius 2 is 1.64 bits per heavy atom. The van der Waals surface area contributed by atoms with Gasteiger partial charge >= 0.3 is 0 Å². The average Bonchev–Trinajstić information content (AvgIpc) is 2.54. The zero-order valence-electron chi connectivity index (χ0n) is 14.9. The lowest BCUT2D eigenvalue weighted by atomic mass is 10.2. The van der Waals surface area contributed by atoms with Gasteiger partial charge in [0, 0.05) is 14.1 Å². The molecule has 2 aromatic carbocycles. The molecule has 2 rings (SSSR count). The summed E-state index contributed by atoms with van der Waals surface area (Å²) in [4.78, 5) is 6.09. The highest BCUT2D eigenvalue weighted by molar-refractivity contribution is 7.85. The van der Waals surface area contributed by atoms with Crippen LogP contribution in [-0.4, -0.2) is 44.9 Å². The summed E-state index contributed by atoms with van der Waals surface area (Å²) in [6, 6.07) is 13.7. The van der Waals surface area contributed by atoms with Gasteiger partial charge in [0.2, 0.25) is 0 Å². The minimum Gasteiger partial charge on any atom is -0.494 e. The first-order valence-electron chi connectivity index (χ1n) is 7.70. The summed E-state index contributed by atoms with van der Waals surface area (Å²) >= 11 is 0. The molecule has 0 aromatic heterocycles. The van der Waals surface area contributed by atoms with Crippen LogP contribution in [0.25, 0.3) is 0 Å². The molecule has 0 saturated heterocycles. The quantitative estimate of drug-likeness (QED) is 0.499. The van der Waals surface area contributed by atoms with Gasteiger partial charge in [-0.1, -0.05) is 17.7 Å². The maximum atomic E-state index is 10.5. The zero-order valence-corrected chi connectivity index (χ0v) is 15.7. The highest BCUT2D eigenvalue weighted by atomic mass is 32.2. The maximum absolute atomic E-state index is 10.5. The molecular formula is C18H24N2O4S. The summed E-state index contributed by atoms with van der Waals surface area (Å²) in [5.74, 6) is 0.885. The third-order valence-electron chi connectivity index (χ3n) is 2.90. The minimum atomic E-state index is -4.02. The molecule has 25 heavy (non-hydrogen) atoms. The Bertz CT molecular complexity index is 768. The molecule has 0 unspecified atom stereocenters. The van der Waals surface area contributed by atoms with Gasteiger partial charge in [-0.25, -0.2) is 4.99 Å². The number of hydrogen-bond donors (Lipinski definition) is 1. The fourth-order valence-corrected chi connectivity index (χ4v) is 2.17. The first kappa shape index (κ1) is 20.7. The predicted molar refractivity (Wildman–Crippen MR) is 100 cm³/mol. The van der Waals surface area contributed by atoms with Crippen LogP contribution < -0.4 is 4.74 Å². The molecular weight excluding hydrogens is 340 g/mol. The van der Waals surface area contributed by atoms with Gasteiger partial charge in [0.15, 0.2) is 0 Å². The van der Waals surface area contributed by atoms with E-state index in [0.717, 1.165) is 17.0 Å². The number of rotatable bonds is 5. The Morgan fingerprint density at radius 3 is 2.08 bits per heavy atom. The molecule has 7 heteroatoms. The Morgan fingerprint density at radius 1 is 1.08 bits per heavy atom. The molecule has 0 aliphatic heterocycles. The number of hydrogen-bond acceptors (Lipinski definition) is 4. The Hall–Kier alpha value is -2.38. The highest BCUT2D eigenvalue weighted by Gasteiger charge is 2.06. The smallest absolute Gasteiger partial charge is 0.294 e. The first-order valence-corrected chi connectivity index (χ1v) is 9.14. The fraction of sp³-hybridized carbons (Fsp3) is 0.278. The maximum Gasteiger partial charge on any atom is 0.294 e. The summed E-state index contributed by atoms with van der Waals surface area (Å²) in [5, 5.41) is 0. The summed E-state index contributed by atoms with van der Waals surface area (Å²) < 4.78 is 34.9. The number of aryl methyl sites for hydroxylation is 1. The molecule has 0 bridgehead atoms. The van der Waals surface area contributed by atoms with Crippen LogP contribution in [0, 0.1) is 6.92 Å². The molecule has 6 nitrogen and oxygen atoms in total. The number of aliphatic imine (C=N–C) groups is 1. The van der Waals surface area contributed by atoms with Crippen molar-refractivity contribution in [3.05, 3.63) is 54.1 Å². The van der Waals surface area contributed by atoms with Crippen molar-refractivity contribution in [1.29, 1.82) is 0 Å². The second-order valence-corrected chi connectivity index (χ2v) is 6.84. The first-order chi connectivity index (χ1) is 11.7. The second-order valence-electron chi connectivity index (χ2n) is 5.42. The van der Waals surface area contributed by atoms with Crippen molar-refractivity contribution >= 4 is 22.1 Å². The molecule has 0 aliphatic rings. The van der Waals surface area contributed by atoms with E-state index in [9.17, 15) is 8.42 Å². The second kappa shape index (κ2) is 9.80. The van der Waals surface area contributed by atoms with Gasteiger partial charge in [0.25, 0.3) is 10.1 Å². The van der Waals surface area contributed by atoms with Crippen molar-refractivity contribution in [3.8, 4) is 5.75 Å². The monoisotopic (exact) mass is 364 g/mol. The lowest BCUT2D eigenvalue weighted by molar-refractivity contribution is 0.340. The molecule has 0 saturated carbocycles. The molecule has 0 atom stereocenters. The van der Waals surface area contributed by atoms with Crippen LogP contribution in [0.15, 0.2) is 58.4 Å². The Kier molecular flexibility index (Phi) is 8.10. The van der Waals surface area contributed by atoms with Crippen molar-refractivity contribution in [3.63, 3.8) is 0 Å². The largest absolute Gasteiger partial charge is 0.494 e. The average molecular weight is 364 g/mol. The van der Waals surface area contributed by atoms with E-state index in [1.807, 2.05) is 57.1 Å². The summed E-state index contributed by atoms with van der Waals surface area (Å²) in [5.41, 5.74) is 1.89. The van der Waals surface area contributed by atoms with Crippen LogP contribution in [0.5, 0.6) is 5.75 Å². The molecule has 0 fully saturated rings. The standard InChI is InChI=1S/C11H16N2O.C7H8O3S/c1-4-14-11-7-5-10(6-8-11)12-9-13(2)3;1-6-2-4-7(5-3-6)11(8,9)10/h5-9H,4H2,1-3H3;2-5H,1H3,(H,8,9,10). The normalized spacial score (nSPS) is 10.9. The number of ether oxygens (including phenoxy) is 1. The molecule has 1 N–H and O–H groups in total. The molecule has 0 heterocycles. The van der Waals surface area contributed by atoms with Gasteiger partial charge in [-0.05, 0) is 50.2 Å². The van der Waals surface area contributed by atoms with Gasteiger partial charge in [0.1, 0.15) is 5.75 Å². The van der Waals surface area contributed by atoms with Crippen LogP contribution in [-0.2, 0) is 10.1 Å². The van der Waals surface area contributed by atoms with E-state index in [-0.39, 0.29) is 4.90 Å². The van der Waals surface area contributed by atoms with Crippen LogP contribution in [0.2, 0.25) is 0 Å². The van der Waals surface area contributed by atoms with Gasteiger partial charge in [-0.3, -0.25) is 4.55 Å². The predicted octanol–water partition coefficient (Wildman–Crippen LogP) is 3.55.